The fourth-order valence-electron chi connectivity index (χ4n) is 8.98. The molecular formula is C55H60N4O15S2. The number of hydrogen-bond acceptors (Lipinski definition) is 15. The first-order valence-corrected chi connectivity index (χ1v) is 27.2. The first-order chi connectivity index (χ1) is 36.5. The number of carbonyl (C=O) groups excluding carboxylic acids is 8. The van der Waals surface area contributed by atoms with Crippen LogP contribution in [0.5, 0.6) is 0 Å². The number of alkyl carbamates (subject to hydrolysis) is 2. The van der Waals surface area contributed by atoms with Gasteiger partial charge in [0, 0.05) is 55.4 Å². The molecule has 4 aromatic rings. The fraction of sp³-hybridized carbons (Fsp3) is 0.382. The van der Waals surface area contributed by atoms with E-state index in [9.17, 15) is 58.2 Å². The van der Waals surface area contributed by atoms with Gasteiger partial charge in [-0.15, -0.1) is 0 Å². The van der Waals surface area contributed by atoms with Crippen molar-refractivity contribution in [1.29, 1.82) is 0 Å². The van der Waals surface area contributed by atoms with Gasteiger partial charge in [-0.25, -0.2) is 19.2 Å². The second kappa shape index (κ2) is 28.4. The van der Waals surface area contributed by atoms with E-state index in [-0.39, 0.29) is 81.0 Å². The minimum Gasteiger partial charge on any atom is -0.480 e. The van der Waals surface area contributed by atoms with Crippen molar-refractivity contribution in [2.24, 2.45) is 5.92 Å². The van der Waals surface area contributed by atoms with Gasteiger partial charge in [0.25, 0.3) is 0 Å². The van der Waals surface area contributed by atoms with E-state index in [4.69, 9.17) is 14.2 Å². The molecular weight excluding hydrogens is 1020 g/mol. The van der Waals surface area contributed by atoms with Gasteiger partial charge < -0.3 is 50.5 Å². The topological polar surface area (TPSA) is 287 Å². The van der Waals surface area contributed by atoms with Gasteiger partial charge in [-0.3, -0.25) is 24.0 Å². The summed E-state index contributed by atoms with van der Waals surface area (Å²) in [7, 11) is 2.12. The maximum atomic E-state index is 13.4. The van der Waals surface area contributed by atoms with Crippen LogP contribution in [0.3, 0.4) is 0 Å². The Labute approximate surface area is 446 Å². The van der Waals surface area contributed by atoms with Crippen molar-refractivity contribution in [3.63, 3.8) is 0 Å². The maximum absolute atomic E-state index is 13.4. The van der Waals surface area contributed by atoms with Crippen LogP contribution in [0, 0.1) is 5.92 Å². The van der Waals surface area contributed by atoms with Crippen molar-refractivity contribution in [2.75, 3.05) is 37.9 Å². The molecule has 0 spiro atoms. The molecule has 0 saturated heterocycles. The van der Waals surface area contributed by atoms with E-state index in [0.717, 1.165) is 66.1 Å². The number of benzene rings is 4. The highest BCUT2D eigenvalue weighted by atomic mass is 33.1. The van der Waals surface area contributed by atoms with Crippen molar-refractivity contribution in [1.82, 2.24) is 21.3 Å². The standard InChI is InChI=1S/C55H60N4O15S2/c1-3-72-50(64)27-56-51(65)33(26-34(61)21-22-45(52(66)67)58-54(70)73-28-43-39-16-8-4-12-35(39)36-13-5-9-17-40(36)43)30-75-76-31-47(48(62)24-20-32(2)60)57-49(63)25-23-46(53(68)69)59-55(71)74-29-44-41-18-10-6-14-37(41)38-15-7-11-19-42(38)44/h4-19,33,43-47H,3,20-31H2,1-2H3,(H,56,65)(H,57,63)(H,58,70)(H,59,71)(H,66,67)(H,68,69)/t33-,45-,46-,47-/m0/s1. The number of Topliss-reactive ketones (excluding diaryl/α,β-unsaturated/α-hetero) is 3. The molecule has 0 radical (unpaired) electrons. The van der Waals surface area contributed by atoms with Crippen LogP contribution >= 0.6 is 21.6 Å². The number of ketones is 3. The zero-order chi connectivity index (χ0) is 54.7. The lowest BCUT2D eigenvalue weighted by Gasteiger charge is -2.20. The summed E-state index contributed by atoms with van der Waals surface area (Å²) in [6.45, 7) is 2.31. The minimum atomic E-state index is -1.53. The van der Waals surface area contributed by atoms with Crippen LogP contribution < -0.4 is 21.3 Å². The zero-order valence-electron chi connectivity index (χ0n) is 41.9. The molecule has 402 valence electrons. The molecule has 19 nitrogen and oxygen atoms in total. The van der Waals surface area contributed by atoms with Crippen LogP contribution in [0.2, 0.25) is 0 Å². The quantitative estimate of drug-likeness (QED) is 0.0139. The van der Waals surface area contributed by atoms with Crippen LogP contribution in [0.1, 0.15) is 92.9 Å². The number of esters is 1. The van der Waals surface area contributed by atoms with Gasteiger partial charge in [0.15, 0.2) is 5.78 Å². The average Bonchev–Trinajstić information content (AvgIpc) is 3.93. The molecule has 0 fully saturated rings. The minimum absolute atomic E-state index is 0.0547. The molecule has 0 bridgehead atoms. The fourth-order valence-corrected chi connectivity index (χ4v) is 11.5. The van der Waals surface area contributed by atoms with Gasteiger partial charge in [0.05, 0.1) is 18.6 Å². The van der Waals surface area contributed by atoms with Crippen molar-refractivity contribution in [3.8, 4) is 22.3 Å². The first kappa shape index (κ1) is 57.8. The lowest BCUT2D eigenvalue weighted by atomic mass is 9.98. The highest BCUT2D eigenvalue weighted by Crippen LogP contribution is 2.45. The molecule has 0 saturated carbocycles. The third-order valence-electron chi connectivity index (χ3n) is 12.8. The van der Waals surface area contributed by atoms with E-state index in [1.54, 1.807) is 6.92 Å². The Morgan fingerprint density at radius 3 is 1.45 bits per heavy atom. The summed E-state index contributed by atoms with van der Waals surface area (Å²) in [5.74, 6) is -8.04. The Morgan fingerprint density at radius 2 is 1.00 bits per heavy atom. The van der Waals surface area contributed by atoms with Crippen LogP contribution in [-0.2, 0) is 52.6 Å². The lowest BCUT2D eigenvalue weighted by Crippen LogP contribution is -2.45. The Kier molecular flexibility index (Phi) is 21.6. The molecule has 0 heterocycles. The first-order valence-electron chi connectivity index (χ1n) is 24.7. The van der Waals surface area contributed by atoms with Gasteiger partial charge in [-0.2, -0.15) is 0 Å². The molecule has 21 heteroatoms. The number of aliphatic carboxylic acids is 2. The summed E-state index contributed by atoms with van der Waals surface area (Å²) in [4.78, 5) is 128. The number of carboxylic acid groups (broad SMARTS) is 2. The Bertz CT molecular complexity index is 2720. The van der Waals surface area contributed by atoms with Gasteiger partial charge in [0.2, 0.25) is 11.8 Å². The molecule has 2 aliphatic rings. The van der Waals surface area contributed by atoms with Crippen LogP contribution in [0.4, 0.5) is 9.59 Å². The molecule has 6 rings (SSSR count). The van der Waals surface area contributed by atoms with Crippen LogP contribution in [0.15, 0.2) is 97.1 Å². The van der Waals surface area contributed by atoms with E-state index < -0.39 is 96.9 Å². The zero-order valence-corrected chi connectivity index (χ0v) is 43.5. The molecule has 0 aromatic heterocycles. The highest BCUT2D eigenvalue weighted by Gasteiger charge is 2.33. The second-order valence-electron chi connectivity index (χ2n) is 18.1. The number of ether oxygens (including phenoxy) is 3. The number of nitrogens with one attached hydrogen (secondary N) is 4. The molecule has 4 aromatic carbocycles. The summed E-state index contributed by atoms with van der Waals surface area (Å²) in [6.07, 6.45) is -4.19. The Morgan fingerprint density at radius 1 is 0.553 bits per heavy atom. The monoisotopic (exact) mass is 1080 g/mol. The van der Waals surface area contributed by atoms with E-state index in [1.807, 2.05) is 97.1 Å². The Balaban J connectivity index is 0.995. The smallest absolute Gasteiger partial charge is 0.407 e. The lowest BCUT2D eigenvalue weighted by molar-refractivity contribution is -0.144. The van der Waals surface area contributed by atoms with Crippen molar-refractivity contribution in [3.05, 3.63) is 119 Å². The van der Waals surface area contributed by atoms with E-state index in [0.29, 0.717) is 0 Å². The maximum Gasteiger partial charge on any atom is 0.407 e. The van der Waals surface area contributed by atoms with Crippen molar-refractivity contribution < 1.29 is 72.4 Å². The van der Waals surface area contributed by atoms with Crippen LogP contribution in [0.25, 0.3) is 22.3 Å². The number of carboxylic acids is 2. The van der Waals surface area contributed by atoms with Crippen molar-refractivity contribution in [2.45, 2.75) is 88.8 Å². The molecule has 2 aliphatic carbocycles. The normalized spacial score (nSPS) is 13.7. The van der Waals surface area contributed by atoms with Gasteiger partial charge >= 0.3 is 30.1 Å². The van der Waals surface area contributed by atoms with E-state index in [1.165, 1.54) is 6.92 Å². The highest BCUT2D eigenvalue weighted by molar-refractivity contribution is 8.76. The summed E-state index contributed by atoms with van der Waals surface area (Å²) in [6, 6.07) is 26.6. The number of carbonyl (C=O) groups is 10. The van der Waals surface area contributed by atoms with Gasteiger partial charge in [0.1, 0.15) is 43.4 Å². The second-order valence-corrected chi connectivity index (χ2v) is 20.7. The van der Waals surface area contributed by atoms with Gasteiger partial charge in [-0.1, -0.05) is 119 Å². The molecule has 76 heavy (non-hydrogen) atoms. The third-order valence-corrected chi connectivity index (χ3v) is 15.3. The number of amides is 4. The predicted octanol–water partition coefficient (Wildman–Crippen LogP) is 6.59. The van der Waals surface area contributed by atoms with E-state index in [2.05, 4.69) is 21.3 Å². The van der Waals surface area contributed by atoms with Gasteiger partial charge in [-0.05, 0) is 71.2 Å². The number of hydrogen-bond donors (Lipinski definition) is 6. The summed E-state index contributed by atoms with van der Waals surface area (Å²) >= 11 is 0. The number of fused-ring (bicyclic) bond motifs is 6. The summed E-state index contributed by atoms with van der Waals surface area (Å²) < 4.78 is 15.9. The molecule has 4 amide bonds. The number of rotatable bonds is 30. The molecule has 0 unspecified atom stereocenters. The molecule has 0 aliphatic heterocycles. The average molecular weight is 1080 g/mol. The van der Waals surface area contributed by atoms with Crippen molar-refractivity contribution >= 4 is 80.8 Å². The molecule has 6 N–H and O–H groups in total. The summed E-state index contributed by atoms with van der Waals surface area (Å²) in [5, 5.41) is 29.6. The summed E-state index contributed by atoms with van der Waals surface area (Å²) in [5.41, 5.74) is 7.88. The Hall–Kier alpha value is -7.52. The van der Waals surface area contributed by atoms with E-state index >= 15 is 0 Å². The largest absolute Gasteiger partial charge is 0.480 e. The third kappa shape index (κ3) is 16.2. The molecule has 4 atom stereocenters. The van der Waals surface area contributed by atoms with Crippen LogP contribution in [-0.4, -0.2) is 125 Å². The predicted molar refractivity (Wildman–Crippen MR) is 282 cm³/mol. The SMILES string of the molecule is CCOC(=O)CNC(=O)[C@H](CSSC[C@H](NC(=O)CC[C@H](NC(=O)OCC1c2ccccc2-c2ccccc21)C(=O)O)C(=O)CCC(C)=O)CC(=O)CC[C@H](NC(=O)OCC1c2ccccc2-c2ccccc21)C(=O)O.